The number of hydrogen-bond acceptors (Lipinski definition) is 6. The van der Waals surface area contributed by atoms with Gasteiger partial charge < -0.3 is 14.2 Å². The van der Waals surface area contributed by atoms with Crippen LogP contribution in [0, 0.1) is 35.9 Å². The summed E-state index contributed by atoms with van der Waals surface area (Å²) in [6.07, 6.45) is 9.77. The van der Waals surface area contributed by atoms with Crippen molar-refractivity contribution in [3.8, 4) is 23.4 Å². The lowest BCUT2D eigenvalue weighted by Crippen LogP contribution is -2.31. The molecule has 1 aromatic heterocycles. The summed E-state index contributed by atoms with van der Waals surface area (Å²) in [5.74, 6) is 0.764. The highest BCUT2D eigenvalue weighted by Gasteiger charge is 2.28. The van der Waals surface area contributed by atoms with E-state index in [1.165, 1.54) is 12.1 Å². The highest BCUT2D eigenvalue weighted by atomic mass is 19.1. The lowest BCUT2D eigenvalue weighted by Gasteiger charge is -2.33. The highest BCUT2D eigenvalue weighted by Crippen LogP contribution is 2.34. The number of benzene rings is 2. The Labute approximate surface area is 220 Å². The van der Waals surface area contributed by atoms with Crippen molar-refractivity contribution in [2.45, 2.75) is 38.9 Å². The predicted molar refractivity (Wildman–Crippen MR) is 137 cm³/mol. The van der Waals surface area contributed by atoms with Gasteiger partial charge in [-0.3, -0.25) is 0 Å². The third kappa shape index (κ3) is 6.24. The van der Waals surface area contributed by atoms with Gasteiger partial charge in [0.2, 0.25) is 5.88 Å². The first-order chi connectivity index (χ1) is 18.5. The van der Waals surface area contributed by atoms with E-state index < -0.39 is 5.82 Å². The van der Waals surface area contributed by atoms with Gasteiger partial charge >= 0.3 is 0 Å². The molecule has 2 aliphatic rings. The summed E-state index contributed by atoms with van der Waals surface area (Å²) >= 11 is 0. The SMILES string of the molecule is Cc1cc(Oc2ccnc(COc3ccc(C#N)cc3F)n2)ccc1CC1C=C(F)C=C[C@@H]1CC1CCO1. The summed E-state index contributed by atoms with van der Waals surface area (Å²) in [5.41, 5.74) is 2.38. The zero-order chi connectivity index (χ0) is 26.5. The first-order valence-electron chi connectivity index (χ1n) is 12.6. The van der Waals surface area contributed by atoms with E-state index in [9.17, 15) is 8.78 Å². The summed E-state index contributed by atoms with van der Waals surface area (Å²) in [6.45, 7) is 2.76. The largest absolute Gasteiger partial charge is 0.483 e. The van der Waals surface area contributed by atoms with Gasteiger partial charge in [-0.2, -0.15) is 10.2 Å². The number of aromatic nitrogens is 2. The number of halogens is 2. The number of ether oxygens (including phenoxy) is 3. The van der Waals surface area contributed by atoms with Crippen LogP contribution in [0.1, 0.15) is 35.4 Å². The average molecular weight is 516 g/mol. The van der Waals surface area contributed by atoms with E-state index in [0.29, 0.717) is 17.5 Å². The smallest absolute Gasteiger partial charge is 0.222 e. The Morgan fingerprint density at radius 3 is 2.74 bits per heavy atom. The van der Waals surface area contributed by atoms with E-state index in [0.717, 1.165) is 43.1 Å². The second-order valence-electron chi connectivity index (χ2n) is 9.51. The fraction of sp³-hybridized carbons (Fsp3) is 0.300. The van der Waals surface area contributed by atoms with Crippen LogP contribution >= 0.6 is 0 Å². The Hall–Kier alpha value is -4.09. The number of allylic oxidation sites excluding steroid dienone is 4. The van der Waals surface area contributed by atoms with Crippen molar-refractivity contribution in [2.24, 2.45) is 11.8 Å². The van der Waals surface area contributed by atoms with Crippen LogP contribution in [-0.2, 0) is 17.8 Å². The van der Waals surface area contributed by atoms with Crippen LogP contribution < -0.4 is 9.47 Å². The molecule has 8 heteroatoms. The van der Waals surface area contributed by atoms with Gasteiger partial charge in [0.15, 0.2) is 17.4 Å². The monoisotopic (exact) mass is 515 g/mol. The van der Waals surface area contributed by atoms with Gasteiger partial charge in [0, 0.05) is 18.9 Å². The van der Waals surface area contributed by atoms with E-state index in [4.69, 9.17) is 19.5 Å². The van der Waals surface area contributed by atoms with Gasteiger partial charge in [-0.15, -0.1) is 0 Å². The van der Waals surface area contributed by atoms with Gasteiger partial charge in [0.05, 0.1) is 17.7 Å². The molecule has 1 aliphatic carbocycles. The average Bonchev–Trinajstić information content (AvgIpc) is 2.88. The van der Waals surface area contributed by atoms with Gasteiger partial charge in [0.1, 0.15) is 18.2 Å². The van der Waals surface area contributed by atoms with Crippen LogP contribution in [0.4, 0.5) is 8.78 Å². The molecule has 0 bridgehead atoms. The van der Waals surface area contributed by atoms with Crippen molar-refractivity contribution in [1.29, 1.82) is 5.26 Å². The van der Waals surface area contributed by atoms with Crippen LogP contribution in [0.25, 0.3) is 0 Å². The van der Waals surface area contributed by atoms with Gasteiger partial charge in [-0.05, 0) is 91.6 Å². The summed E-state index contributed by atoms with van der Waals surface area (Å²) in [6, 6.07) is 13.3. The number of rotatable bonds is 9. The molecule has 1 aliphatic heterocycles. The van der Waals surface area contributed by atoms with Gasteiger partial charge in [-0.1, -0.05) is 12.1 Å². The maximum absolute atomic E-state index is 14.1. The van der Waals surface area contributed by atoms with Crippen LogP contribution in [0.3, 0.4) is 0 Å². The summed E-state index contributed by atoms with van der Waals surface area (Å²) in [5, 5.41) is 8.86. The van der Waals surface area contributed by atoms with Crippen molar-refractivity contribution in [1.82, 2.24) is 9.97 Å². The molecular weight excluding hydrogens is 488 g/mol. The minimum Gasteiger partial charge on any atom is -0.483 e. The van der Waals surface area contributed by atoms with Crippen molar-refractivity contribution in [2.75, 3.05) is 6.61 Å². The highest BCUT2D eigenvalue weighted by molar-refractivity contribution is 5.38. The molecule has 1 fully saturated rings. The van der Waals surface area contributed by atoms with E-state index in [1.807, 2.05) is 37.3 Å². The molecule has 0 amide bonds. The predicted octanol–water partition coefficient (Wildman–Crippen LogP) is 6.54. The van der Waals surface area contributed by atoms with Crippen molar-refractivity contribution in [3.05, 3.63) is 101 Å². The maximum Gasteiger partial charge on any atom is 0.222 e. The van der Waals surface area contributed by atoms with Crippen LogP contribution in [-0.4, -0.2) is 22.7 Å². The van der Waals surface area contributed by atoms with E-state index in [-0.39, 0.29) is 41.7 Å². The first kappa shape index (κ1) is 25.6. The molecule has 0 spiro atoms. The Morgan fingerprint density at radius 1 is 1.13 bits per heavy atom. The molecule has 0 N–H and O–H groups in total. The molecular formula is C30H27F2N3O3. The lowest BCUT2D eigenvalue weighted by molar-refractivity contribution is -0.0622. The topological polar surface area (TPSA) is 77.3 Å². The third-order valence-electron chi connectivity index (χ3n) is 6.84. The van der Waals surface area contributed by atoms with E-state index >= 15 is 0 Å². The molecule has 5 rings (SSSR count). The molecule has 194 valence electrons. The van der Waals surface area contributed by atoms with Crippen LogP contribution in [0.2, 0.25) is 0 Å². The fourth-order valence-electron chi connectivity index (χ4n) is 4.65. The second kappa shape index (κ2) is 11.5. The van der Waals surface area contributed by atoms with E-state index in [1.54, 1.807) is 24.4 Å². The molecule has 2 unspecified atom stereocenters. The first-order valence-corrected chi connectivity index (χ1v) is 12.6. The Bertz CT molecular complexity index is 1410. The standard InChI is InChI=1S/C30H27F2N3O3/c1-19-12-26(6-4-21(19)14-23-15-24(31)5-3-22(23)16-25-9-11-36-25)38-30-8-10-34-29(35-30)18-37-28-7-2-20(17-33)13-27(28)32/h2-8,10,12-13,15,22-23,25H,9,11,14,16,18H2,1H3/t22-,23?,25?/m1/s1. The number of nitrogens with zero attached hydrogens (tertiary/aromatic N) is 3. The van der Waals surface area contributed by atoms with Crippen molar-refractivity contribution in [3.63, 3.8) is 0 Å². The molecule has 2 aromatic carbocycles. The number of nitriles is 1. The number of hydrogen-bond donors (Lipinski definition) is 0. The zero-order valence-corrected chi connectivity index (χ0v) is 20.9. The minimum atomic E-state index is -0.628. The van der Waals surface area contributed by atoms with Crippen molar-refractivity contribution < 1.29 is 23.0 Å². The quantitative estimate of drug-likeness (QED) is 0.322. The second-order valence-corrected chi connectivity index (χ2v) is 9.51. The van der Waals surface area contributed by atoms with Gasteiger partial charge in [-0.25, -0.2) is 13.8 Å². The van der Waals surface area contributed by atoms with Gasteiger partial charge in [0.25, 0.3) is 0 Å². The molecule has 3 aromatic rings. The normalized spacial score (nSPS) is 20.3. The summed E-state index contributed by atoms with van der Waals surface area (Å²) in [7, 11) is 0. The van der Waals surface area contributed by atoms with Crippen molar-refractivity contribution >= 4 is 0 Å². The Kier molecular flexibility index (Phi) is 7.75. The molecule has 0 radical (unpaired) electrons. The summed E-state index contributed by atoms with van der Waals surface area (Å²) < 4.78 is 45.2. The molecule has 6 nitrogen and oxygen atoms in total. The molecule has 3 atom stereocenters. The molecule has 0 saturated carbocycles. The lowest BCUT2D eigenvalue weighted by atomic mass is 9.79. The third-order valence-corrected chi connectivity index (χ3v) is 6.84. The van der Waals surface area contributed by atoms with E-state index in [2.05, 4.69) is 9.97 Å². The van der Waals surface area contributed by atoms with Crippen LogP contribution in [0.5, 0.6) is 17.4 Å². The summed E-state index contributed by atoms with van der Waals surface area (Å²) in [4.78, 5) is 8.51. The Morgan fingerprint density at radius 2 is 2.00 bits per heavy atom. The minimum absolute atomic E-state index is 0.00997. The maximum atomic E-state index is 14.1. The molecule has 1 saturated heterocycles. The molecule has 38 heavy (non-hydrogen) atoms. The Balaban J connectivity index is 1.22. The molecule has 2 heterocycles. The zero-order valence-electron chi connectivity index (χ0n) is 20.9. The number of aryl methyl sites for hydroxylation is 1. The fourth-order valence-corrected chi connectivity index (χ4v) is 4.65. The van der Waals surface area contributed by atoms with Crippen LogP contribution in [0.15, 0.2) is 72.7 Å².